The average molecular weight is 446 g/mol. The maximum atomic E-state index is 4.29. The highest BCUT2D eigenvalue weighted by Crippen LogP contribution is 2.23. The molecule has 178 valence electrons. The molecule has 1 saturated heterocycles. The van der Waals surface area contributed by atoms with Gasteiger partial charge in [0.2, 0.25) is 0 Å². The molecule has 2 aromatic carbocycles. The molecule has 0 bridgehead atoms. The predicted molar refractivity (Wildman–Crippen MR) is 143 cm³/mol. The summed E-state index contributed by atoms with van der Waals surface area (Å²) in [7, 11) is 0. The van der Waals surface area contributed by atoms with Crippen molar-refractivity contribution in [2.24, 2.45) is 0 Å². The first kappa shape index (κ1) is 25.3. The number of hydrogen-bond acceptors (Lipinski definition) is 3. The van der Waals surface area contributed by atoms with Crippen LogP contribution in [0.2, 0.25) is 0 Å². The van der Waals surface area contributed by atoms with Crippen molar-refractivity contribution in [3.63, 3.8) is 0 Å². The maximum Gasteiger partial charge on any atom is 0.0397 e. The van der Waals surface area contributed by atoms with Crippen LogP contribution in [-0.2, 0) is 25.9 Å². The Morgan fingerprint density at radius 3 is 2.42 bits per heavy atom. The molecule has 1 fully saturated rings. The van der Waals surface area contributed by atoms with E-state index in [4.69, 9.17) is 0 Å². The Kier molecular flexibility index (Phi) is 10.2. The molecular weight excluding hydrogens is 402 g/mol. The van der Waals surface area contributed by atoms with Gasteiger partial charge in [0.25, 0.3) is 0 Å². The van der Waals surface area contributed by atoms with Crippen LogP contribution >= 0.6 is 0 Å². The van der Waals surface area contributed by atoms with Gasteiger partial charge in [0.1, 0.15) is 0 Å². The van der Waals surface area contributed by atoms with Gasteiger partial charge in [-0.25, -0.2) is 0 Å². The number of hydrogen-bond donors (Lipinski definition) is 2. The molecule has 1 aliphatic rings. The third-order valence-electron chi connectivity index (χ3n) is 6.50. The summed E-state index contributed by atoms with van der Waals surface area (Å²) in [5.74, 6) is 0. The average Bonchev–Trinajstić information content (AvgIpc) is 2.83. The first-order valence-electron chi connectivity index (χ1n) is 12.8. The fourth-order valence-corrected chi connectivity index (χ4v) is 4.56. The Morgan fingerprint density at radius 1 is 1.03 bits per heavy atom. The largest absolute Gasteiger partial charge is 0.384 e. The van der Waals surface area contributed by atoms with Gasteiger partial charge in [0, 0.05) is 51.4 Å². The maximum absolute atomic E-state index is 4.29. The third-order valence-corrected chi connectivity index (χ3v) is 6.50. The van der Waals surface area contributed by atoms with Crippen molar-refractivity contribution in [1.29, 1.82) is 0 Å². The van der Waals surface area contributed by atoms with Gasteiger partial charge >= 0.3 is 0 Å². The molecule has 1 aliphatic heterocycles. The molecule has 2 N–H and O–H groups in total. The quantitative estimate of drug-likeness (QED) is 0.414. The van der Waals surface area contributed by atoms with E-state index in [-0.39, 0.29) is 0 Å². The van der Waals surface area contributed by atoms with Crippen molar-refractivity contribution in [3.8, 4) is 0 Å². The summed E-state index contributed by atoms with van der Waals surface area (Å²) >= 11 is 0. The molecule has 0 saturated carbocycles. The number of nitrogens with one attached hydrogen (secondary N) is 2. The molecule has 0 aromatic heterocycles. The lowest BCUT2D eigenvalue weighted by Gasteiger charge is -2.27. The molecule has 0 aliphatic carbocycles. The van der Waals surface area contributed by atoms with Crippen molar-refractivity contribution in [2.75, 3.05) is 26.2 Å². The van der Waals surface area contributed by atoms with E-state index in [1.54, 1.807) is 0 Å². The lowest BCUT2D eigenvalue weighted by atomic mass is 9.94. The minimum atomic E-state index is 0.829. The number of piperazine rings is 1. The molecule has 3 heteroatoms. The number of nitrogens with zero attached hydrogens (tertiary/aromatic N) is 1. The van der Waals surface area contributed by atoms with Gasteiger partial charge in [-0.2, -0.15) is 0 Å². The normalized spacial score (nSPS) is 14.9. The number of rotatable bonds is 12. The zero-order chi connectivity index (χ0) is 23.5. The van der Waals surface area contributed by atoms with Gasteiger partial charge in [-0.15, -0.1) is 0 Å². The van der Waals surface area contributed by atoms with Crippen LogP contribution in [0.15, 0.2) is 60.8 Å². The summed E-state index contributed by atoms with van der Waals surface area (Å²) in [5, 5.41) is 6.98. The second-order valence-corrected chi connectivity index (χ2v) is 9.37. The summed E-state index contributed by atoms with van der Waals surface area (Å²) in [6.45, 7) is 17.3. The topological polar surface area (TPSA) is 27.3 Å². The van der Waals surface area contributed by atoms with Gasteiger partial charge in [0.05, 0.1) is 0 Å². The van der Waals surface area contributed by atoms with Gasteiger partial charge in [-0.3, -0.25) is 4.90 Å². The highest BCUT2D eigenvalue weighted by Gasteiger charge is 2.10. The minimum absolute atomic E-state index is 0.829. The monoisotopic (exact) mass is 445 g/mol. The van der Waals surface area contributed by atoms with E-state index in [2.05, 4.69) is 91.4 Å². The molecule has 2 aromatic rings. The van der Waals surface area contributed by atoms with E-state index in [1.807, 2.05) is 0 Å². The smallest absolute Gasteiger partial charge is 0.0397 e. The Morgan fingerprint density at radius 2 is 1.73 bits per heavy atom. The number of aryl methyl sites for hydroxylation is 1. The highest BCUT2D eigenvalue weighted by atomic mass is 15.2. The minimum Gasteiger partial charge on any atom is -0.384 e. The fourth-order valence-electron chi connectivity index (χ4n) is 4.56. The Bertz CT molecular complexity index is 905. The number of allylic oxidation sites excluding steroid dienone is 3. The van der Waals surface area contributed by atoms with Gasteiger partial charge in [-0.1, -0.05) is 75.4 Å². The van der Waals surface area contributed by atoms with Crippen LogP contribution in [0.5, 0.6) is 0 Å². The van der Waals surface area contributed by atoms with Crippen LogP contribution in [0.1, 0.15) is 67.9 Å². The van der Waals surface area contributed by atoms with Gasteiger partial charge in [0.15, 0.2) is 0 Å². The molecule has 1 heterocycles. The number of unbranched alkanes of at least 4 members (excludes halogenated alkanes) is 1. The molecule has 0 radical (unpaired) electrons. The summed E-state index contributed by atoms with van der Waals surface area (Å²) < 4.78 is 0. The van der Waals surface area contributed by atoms with E-state index in [0.717, 1.165) is 64.2 Å². The van der Waals surface area contributed by atoms with Gasteiger partial charge < -0.3 is 10.6 Å². The molecule has 3 nitrogen and oxygen atoms in total. The van der Waals surface area contributed by atoms with Crippen LogP contribution in [0.3, 0.4) is 0 Å². The summed E-state index contributed by atoms with van der Waals surface area (Å²) in [5.41, 5.74) is 9.40. The molecule has 0 amide bonds. The Balaban J connectivity index is 1.53. The fraction of sp³-hybridized carbons (Fsp3) is 0.467. The summed E-state index contributed by atoms with van der Waals surface area (Å²) in [6, 6.07) is 16.0. The van der Waals surface area contributed by atoms with Crippen LogP contribution in [-0.4, -0.2) is 31.1 Å². The first-order valence-corrected chi connectivity index (χ1v) is 12.8. The molecule has 0 atom stereocenters. The standard InChI is InChI=1S/C30H43N3/c1-5-7-9-29-21-28(14-15-30(29)24(3)8-6-2)22-32-25(4)20-26-10-12-27(13-11-26)23-33-18-16-31-17-19-33/h8,10-15,21,31-32H,4-7,9,16-20,22-23H2,1-3H3/b24-8-. The van der Waals surface area contributed by atoms with Crippen LogP contribution in [0.25, 0.3) is 5.57 Å². The zero-order valence-corrected chi connectivity index (χ0v) is 21.1. The second kappa shape index (κ2) is 13.4. The predicted octanol–water partition coefficient (Wildman–Crippen LogP) is 6.09. The Hall–Kier alpha value is -2.36. The SMILES string of the molecule is C=C(Cc1ccc(CN2CCNCC2)cc1)NCc1ccc(/C(C)=C\CC)c(CCCC)c1. The zero-order valence-electron chi connectivity index (χ0n) is 21.1. The van der Waals surface area contributed by atoms with Crippen molar-refractivity contribution in [1.82, 2.24) is 15.5 Å². The second-order valence-electron chi connectivity index (χ2n) is 9.37. The first-order chi connectivity index (χ1) is 16.1. The third kappa shape index (κ3) is 8.17. The number of benzene rings is 2. The van der Waals surface area contributed by atoms with Crippen molar-refractivity contribution < 1.29 is 0 Å². The molecule has 0 spiro atoms. The van der Waals surface area contributed by atoms with E-state index in [0.29, 0.717) is 0 Å². The summed E-state index contributed by atoms with van der Waals surface area (Å²) in [4.78, 5) is 2.52. The van der Waals surface area contributed by atoms with Crippen molar-refractivity contribution in [3.05, 3.63) is 88.6 Å². The van der Waals surface area contributed by atoms with Crippen molar-refractivity contribution in [2.45, 2.75) is 66.0 Å². The van der Waals surface area contributed by atoms with E-state index < -0.39 is 0 Å². The molecular formula is C30H43N3. The highest BCUT2D eigenvalue weighted by molar-refractivity contribution is 5.67. The van der Waals surface area contributed by atoms with E-state index >= 15 is 0 Å². The van der Waals surface area contributed by atoms with Crippen LogP contribution in [0.4, 0.5) is 0 Å². The molecule has 33 heavy (non-hydrogen) atoms. The molecule has 3 rings (SSSR count). The van der Waals surface area contributed by atoms with Gasteiger partial charge in [-0.05, 0) is 59.6 Å². The molecule has 0 unspecified atom stereocenters. The van der Waals surface area contributed by atoms with E-state index in [1.165, 1.54) is 46.2 Å². The lowest BCUT2D eigenvalue weighted by molar-refractivity contribution is 0.233. The Labute approximate surface area is 202 Å². The van der Waals surface area contributed by atoms with E-state index in [9.17, 15) is 0 Å². The van der Waals surface area contributed by atoms with Crippen LogP contribution in [0, 0.1) is 0 Å². The van der Waals surface area contributed by atoms with Crippen molar-refractivity contribution >= 4 is 5.57 Å². The summed E-state index contributed by atoms with van der Waals surface area (Å²) in [6.07, 6.45) is 7.89. The lowest BCUT2D eigenvalue weighted by Crippen LogP contribution is -2.42. The van der Waals surface area contributed by atoms with Crippen LogP contribution < -0.4 is 10.6 Å².